The van der Waals surface area contributed by atoms with Crippen LogP contribution in [0.3, 0.4) is 0 Å². The lowest BCUT2D eigenvalue weighted by Gasteiger charge is -2.21. The maximum absolute atomic E-state index is 5.89. The van der Waals surface area contributed by atoms with Crippen molar-refractivity contribution in [3.8, 4) is 5.75 Å². The summed E-state index contributed by atoms with van der Waals surface area (Å²) in [6.07, 6.45) is 2.81. The summed E-state index contributed by atoms with van der Waals surface area (Å²) >= 11 is 0. The van der Waals surface area contributed by atoms with Crippen LogP contribution in [0, 0.1) is 6.92 Å². The zero-order valence-corrected chi connectivity index (χ0v) is 17.4. The molecule has 3 heteroatoms. The van der Waals surface area contributed by atoms with Crippen LogP contribution >= 0.6 is 0 Å². The number of hydrogen-bond donors (Lipinski definition) is 1. The van der Waals surface area contributed by atoms with Crippen molar-refractivity contribution in [3.05, 3.63) is 89.4 Å². The van der Waals surface area contributed by atoms with Gasteiger partial charge in [0.25, 0.3) is 0 Å². The molecular formula is C25H32NO2+. The van der Waals surface area contributed by atoms with Crippen LogP contribution in [0.5, 0.6) is 5.75 Å². The third-order valence-corrected chi connectivity index (χ3v) is 4.75. The van der Waals surface area contributed by atoms with E-state index in [4.69, 9.17) is 9.15 Å². The summed E-state index contributed by atoms with van der Waals surface area (Å²) < 4.78 is 11.6. The Hall–Kier alpha value is -2.52. The molecule has 3 nitrogen and oxygen atoms in total. The van der Waals surface area contributed by atoms with Crippen LogP contribution in [-0.2, 0) is 6.54 Å². The molecule has 2 aromatic carbocycles. The Bertz CT molecular complexity index is 828. The van der Waals surface area contributed by atoms with Crippen LogP contribution < -0.4 is 10.1 Å². The second-order valence-electron chi connectivity index (χ2n) is 8.41. The van der Waals surface area contributed by atoms with Gasteiger partial charge in [0.15, 0.2) is 0 Å². The standard InChI is InChI=1S/C25H31NO2/c1-19-7-11-21(12-8-19)23(24-6-5-17-27-24)15-16-26-18-20-9-13-22(14-10-20)28-25(2,3)4/h5-14,17,23,26H,15-16,18H2,1-4H3/p+1/t23-/m1/s1. The molecule has 1 aromatic heterocycles. The van der Waals surface area contributed by atoms with Gasteiger partial charge in [-0.2, -0.15) is 0 Å². The van der Waals surface area contributed by atoms with E-state index in [0.29, 0.717) is 5.92 Å². The first kappa shape index (κ1) is 20.2. The third-order valence-electron chi connectivity index (χ3n) is 4.75. The van der Waals surface area contributed by atoms with E-state index in [1.807, 2.05) is 6.07 Å². The van der Waals surface area contributed by atoms with Gasteiger partial charge in [0.05, 0.1) is 12.8 Å². The van der Waals surface area contributed by atoms with Gasteiger partial charge in [0.1, 0.15) is 23.7 Å². The maximum atomic E-state index is 5.89. The highest BCUT2D eigenvalue weighted by atomic mass is 16.5. The molecule has 3 aromatic rings. The van der Waals surface area contributed by atoms with Crippen LogP contribution in [0.2, 0.25) is 0 Å². The van der Waals surface area contributed by atoms with E-state index in [0.717, 1.165) is 31.0 Å². The normalized spacial score (nSPS) is 12.7. The van der Waals surface area contributed by atoms with Gasteiger partial charge in [-0.25, -0.2) is 0 Å². The van der Waals surface area contributed by atoms with Crippen LogP contribution in [0.25, 0.3) is 0 Å². The molecular weight excluding hydrogens is 346 g/mol. The fourth-order valence-corrected chi connectivity index (χ4v) is 3.36. The van der Waals surface area contributed by atoms with E-state index in [1.54, 1.807) is 6.26 Å². The van der Waals surface area contributed by atoms with Crippen molar-refractivity contribution in [2.45, 2.75) is 52.2 Å². The van der Waals surface area contributed by atoms with Gasteiger partial charge in [-0.15, -0.1) is 0 Å². The molecule has 0 amide bonds. The highest BCUT2D eigenvalue weighted by Crippen LogP contribution is 2.28. The highest BCUT2D eigenvalue weighted by Gasteiger charge is 2.17. The summed E-state index contributed by atoms with van der Waals surface area (Å²) in [4.78, 5) is 0. The number of furan rings is 1. The summed E-state index contributed by atoms with van der Waals surface area (Å²) in [6, 6.07) is 21.3. The van der Waals surface area contributed by atoms with Gasteiger partial charge in [-0.1, -0.05) is 29.8 Å². The lowest BCUT2D eigenvalue weighted by Crippen LogP contribution is -2.82. The average Bonchev–Trinajstić information content (AvgIpc) is 3.17. The predicted octanol–water partition coefficient (Wildman–Crippen LogP) is 5.05. The van der Waals surface area contributed by atoms with Gasteiger partial charge in [-0.05, 0) is 69.7 Å². The molecule has 0 bridgehead atoms. The Morgan fingerprint density at radius 1 is 0.964 bits per heavy atom. The van der Waals surface area contributed by atoms with Crippen LogP contribution in [0.4, 0.5) is 0 Å². The average molecular weight is 379 g/mol. The first-order valence-electron chi connectivity index (χ1n) is 10.1. The first-order chi connectivity index (χ1) is 13.4. The number of rotatable bonds is 8. The van der Waals surface area contributed by atoms with Crippen molar-refractivity contribution in [1.29, 1.82) is 0 Å². The topological polar surface area (TPSA) is 39.0 Å². The lowest BCUT2D eigenvalue weighted by molar-refractivity contribution is -0.671. The largest absolute Gasteiger partial charge is 0.488 e. The summed E-state index contributed by atoms with van der Waals surface area (Å²) in [5.74, 6) is 2.27. The minimum atomic E-state index is -0.162. The molecule has 0 spiro atoms. The van der Waals surface area contributed by atoms with Crippen molar-refractivity contribution in [1.82, 2.24) is 0 Å². The molecule has 0 saturated carbocycles. The summed E-state index contributed by atoms with van der Waals surface area (Å²) in [6.45, 7) is 10.3. The Morgan fingerprint density at radius 2 is 1.68 bits per heavy atom. The smallest absolute Gasteiger partial charge is 0.120 e. The molecule has 3 rings (SSSR count). The fraction of sp³-hybridized carbons (Fsp3) is 0.360. The summed E-state index contributed by atoms with van der Waals surface area (Å²) in [5.41, 5.74) is 3.75. The first-order valence-corrected chi connectivity index (χ1v) is 10.1. The molecule has 0 fully saturated rings. The Morgan fingerprint density at radius 3 is 2.29 bits per heavy atom. The number of quaternary nitrogens is 1. The molecule has 0 aliphatic carbocycles. The molecule has 0 unspecified atom stereocenters. The number of benzene rings is 2. The number of aryl methyl sites for hydroxylation is 1. The van der Waals surface area contributed by atoms with Crippen LogP contribution in [0.15, 0.2) is 71.3 Å². The zero-order chi connectivity index (χ0) is 20.0. The van der Waals surface area contributed by atoms with E-state index < -0.39 is 0 Å². The van der Waals surface area contributed by atoms with Gasteiger partial charge in [0.2, 0.25) is 0 Å². The number of hydrogen-bond acceptors (Lipinski definition) is 2. The Labute approximate surface area is 168 Å². The summed E-state index contributed by atoms with van der Waals surface area (Å²) in [7, 11) is 0. The summed E-state index contributed by atoms with van der Waals surface area (Å²) in [5, 5.41) is 2.36. The quantitative estimate of drug-likeness (QED) is 0.557. The molecule has 1 atom stereocenters. The third kappa shape index (κ3) is 6.00. The van der Waals surface area contributed by atoms with Gasteiger partial charge >= 0.3 is 0 Å². The molecule has 148 valence electrons. The molecule has 0 aliphatic rings. The van der Waals surface area contributed by atoms with E-state index in [1.165, 1.54) is 16.7 Å². The van der Waals surface area contributed by atoms with Crippen molar-refractivity contribution in [3.63, 3.8) is 0 Å². The van der Waals surface area contributed by atoms with Crippen LogP contribution in [0.1, 0.15) is 55.6 Å². The van der Waals surface area contributed by atoms with Gasteiger partial charge in [0, 0.05) is 17.9 Å². The Kier molecular flexibility index (Phi) is 6.58. The molecule has 0 saturated heterocycles. The van der Waals surface area contributed by atoms with Crippen molar-refractivity contribution < 1.29 is 14.5 Å². The van der Waals surface area contributed by atoms with Gasteiger partial charge in [-0.3, -0.25) is 0 Å². The van der Waals surface area contributed by atoms with Crippen LogP contribution in [-0.4, -0.2) is 12.1 Å². The number of ether oxygens (including phenoxy) is 1. The number of nitrogens with two attached hydrogens (primary N) is 1. The zero-order valence-electron chi connectivity index (χ0n) is 17.4. The predicted molar refractivity (Wildman–Crippen MR) is 114 cm³/mol. The molecule has 1 heterocycles. The fourth-order valence-electron chi connectivity index (χ4n) is 3.36. The SMILES string of the molecule is Cc1ccc([C@@H](CC[NH2+]Cc2ccc(OC(C)(C)C)cc2)c2ccco2)cc1. The highest BCUT2D eigenvalue weighted by molar-refractivity contribution is 5.30. The van der Waals surface area contributed by atoms with Gasteiger partial charge < -0.3 is 14.5 Å². The van der Waals surface area contributed by atoms with Crippen molar-refractivity contribution in [2.24, 2.45) is 0 Å². The molecule has 28 heavy (non-hydrogen) atoms. The van der Waals surface area contributed by atoms with E-state index in [9.17, 15) is 0 Å². The van der Waals surface area contributed by atoms with E-state index in [-0.39, 0.29) is 5.60 Å². The second kappa shape index (κ2) is 9.11. The second-order valence-corrected chi connectivity index (χ2v) is 8.41. The molecule has 2 N–H and O–H groups in total. The monoisotopic (exact) mass is 378 g/mol. The minimum Gasteiger partial charge on any atom is -0.488 e. The van der Waals surface area contributed by atoms with E-state index >= 15 is 0 Å². The maximum Gasteiger partial charge on any atom is 0.120 e. The van der Waals surface area contributed by atoms with E-state index in [2.05, 4.69) is 87.6 Å². The molecule has 0 radical (unpaired) electrons. The van der Waals surface area contributed by atoms with Crippen molar-refractivity contribution in [2.75, 3.05) is 6.54 Å². The molecule has 0 aliphatic heterocycles. The lowest BCUT2D eigenvalue weighted by atomic mass is 9.92. The minimum absolute atomic E-state index is 0.162. The Balaban J connectivity index is 1.54. The van der Waals surface area contributed by atoms with Crippen molar-refractivity contribution >= 4 is 0 Å².